The van der Waals surface area contributed by atoms with Crippen molar-refractivity contribution in [1.82, 2.24) is 15.4 Å². The summed E-state index contributed by atoms with van der Waals surface area (Å²) in [7, 11) is -2.28. The third-order valence-electron chi connectivity index (χ3n) is 4.27. The average molecular weight is 429 g/mol. The molecule has 0 saturated carbocycles. The lowest BCUT2D eigenvalue weighted by atomic mass is 10.1. The van der Waals surface area contributed by atoms with E-state index in [9.17, 15) is 26.4 Å². The molecule has 158 valence electrons. The highest BCUT2D eigenvalue weighted by molar-refractivity contribution is 7.89. The first kappa shape index (κ1) is 22.7. The Morgan fingerprint density at radius 3 is 2.34 bits per heavy atom. The number of halogens is 3. The lowest BCUT2D eigenvalue weighted by Gasteiger charge is -2.16. The summed E-state index contributed by atoms with van der Waals surface area (Å²) in [6.07, 6.45) is -4.01. The molecule has 0 aliphatic rings. The molecule has 0 fully saturated rings. The van der Waals surface area contributed by atoms with E-state index in [4.69, 9.17) is 0 Å². The van der Waals surface area contributed by atoms with Gasteiger partial charge >= 0.3 is 12.2 Å². The summed E-state index contributed by atoms with van der Waals surface area (Å²) >= 11 is 0. The zero-order valence-corrected chi connectivity index (χ0v) is 16.7. The number of alkyl halides is 3. The summed E-state index contributed by atoms with van der Waals surface area (Å²) in [6.45, 7) is 1.94. The van der Waals surface area contributed by atoms with Gasteiger partial charge in [0.2, 0.25) is 10.0 Å². The van der Waals surface area contributed by atoms with E-state index in [-0.39, 0.29) is 11.4 Å². The van der Waals surface area contributed by atoms with Crippen molar-refractivity contribution in [3.05, 3.63) is 65.2 Å². The predicted molar refractivity (Wildman–Crippen MR) is 103 cm³/mol. The number of urea groups is 1. The van der Waals surface area contributed by atoms with E-state index < -0.39 is 33.8 Å². The first-order valence-corrected chi connectivity index (χ1v) is 10.3. The molecule has 2 amide bonds. The van der Waals surface area contributed by atoms with Crippen LogP contribution in [0.5, 0.6) is 0 Å². The lowest BCUT2D eigenvalue weighted by Crippen LogP contribution is -2.38. The number of hydrogen-bond donors (Lipinski definition) is 3. The maximum atomic E-state index is 12.5. The highest BCUT2D eigenvalue weighted by Crippen LogP contribution is 2.29. The van der Waals surface area contributed by atoms with Crippen LogP contribution in [0.15, 0.2) is 53.4 Å². The molecule has 29 heavy (non-hydrogen) atoms. The van der Waals surface area contributed by atoms with Crippen molar-refractivity contribution >= 4 is 16.1 Å². The Hall–Kier alpha value is -2.59. The molecule has 0 unspecified atom stereocenters. The molecule has 0 saturated heterocycles. The van der Waals surface area contributed by atoms with Gasteiger partial charge in [0, 0.05) is 6.54 Å². The first-order chi connectivity index (χ1) is 13.5. The molecule has 2 rings (SSSR count). The van der Waals surface area contributed by atoms with E-state index in [1.807, 2.05) is 0 Å². The van der Waals surface area contributed by atoms with E-state index in [1.165, 1.54) is 31.3 Å². The van der Waals surface area contributed by atoms with Gasteiger partial charge in [0.1, 0.15) is 0 Å². The molecule has 0 radical (unpaired) electrons. The second-order valence-electron chi connectivity index (χ2n) is 6.35. The van der Waals surface area contributed by atoms with Crippen LogP contribution in [0.1, 0.15) is 29.7 Å². The Kier molecular flexibility index (Phi) is 7.26. The molecule has 0 spiro atoms. The van der Waals surface area contributed by atoms with Crippen molar-refractivity contribution in [1.29, 1.82) is 0 Å². The van der Waals surface area contributed by atoms with Crippen molar-refractivity contribution in [3.63, 3.8) is 0 Å². The van der Waals surface area contributed by atoms with Crippen molar-refractivity contribution < 1.29 is 26.4 Å². The second-order valence-corrected chi connectivity index (χ2v) is 8.23. The smallest absolute Gasteiger partial charge is 0.338 e. The monoisotopic (exact) mass is 429 g/mol. The molecule has 0 heterocycles. The van der Waals surface area contributed by atoms with Crippen LogP contribution in [-0.2, 0) is 22.6 Å². The summed E-state index contributed by atoms with van der Waals surface area (Å²) in [4.78, 5) is 12.1. The number of amides is 2. The van der Waals surface area contributed by atoms with Gasteiger partial charge in [0.25, 0.3) is 0 Å². The topological polar surface area (TPSA) is 87.3 Å². The number of rotatable bonds is 7. The van der Waals surface area contributed by atoms with Gasteiger partial charge in [-0.1, -0.05) is 24.3 Å². The van der Waals surface area contributed by atoms with Crippen LogP contribution < -0.4 is 15.4 Å². The molecular formula is C19H22F3N3O3S. The number of hydrogen-bond acceptors (Lipinski definition) is 3. The average Bonchev–Trinajstić information content (AvgIpc) is 2.67. The largest absolute Gasteiger partial charge is 0.416 e. The Morgan fingerprint density at radius 1 is 1.10 bits per heavy atom. The minimum atomic E-state index is -4.38. The second kappa shape index (κ2) is 9.27. The molecule has 0 aromatic heterocycles. The summed E-state index contributed by atoms with van der Waals surface area (Å²) in [5.41, 5.74) is 0.554. The Morgan fingerprint density at radius 2 is 1.76 bits per heavy atom. The molecule has 1 atom stereocenters. The predicted octanol–water partition coefficient (Wildman–Crippen LogP) is 3.22. The summed E-state index contributed by atoms with van der Waals surface area (Å²) in [5, 5.41) is 5.32. The van der Waals surface area contributed by atoms with Crippen LogP contribution in [0.2, 0.25) is 0 Å². The van der Waals surface area contributed by atoms with Gasteiger partial charge in [-0.2, -0.15) is 13.2 Å². The number of sulfonamides is 1. The van der Waals surface area contributed by atoms with E-state index in [0.29, 0.717) is 17.5 Å². The SMILES string of the molecule is CNS(=O)(=O)c1cccc([C@H](C)NC(=O)NCCc2ccc(C(F)(F)F)cc2)c1. The highest BCUT2D eigenvalue weighted by atomic mass is 32.2. The lowest BCUT2D eigenvalue weighted by molar-refractivity contribution is -0.137. The molecule has 0 bridgehead atoms. The highest BCUT2D eigenvalue weighted by Gasteiger charge is 2.29. The van der Waals surface area contributed by atoms with Crippen LogP contribution >= 0.6 is 0 Å². The van der Waals surface area contributed by atoms with Crippen molar-refractivity contribution in [3.8, 4) is 0 Å². The Labute approximate surface area is 167 Å². The standard InChI is InChI=1S/C19H22F3N3O3S/c1-13(15-4-3-5-17(12-15)29(27,28)23-2)25-18(26)24-11-10-14-6-8-16(9-7-14)19(20,21)22/h3-9,12-13,23H,10-11H2,1-2H3,(H2,24,25,26)/t13-/m0/s1. The molecular weight excluding hydrogens is 407 g/mol. The van der Waals surface area contributed by atoms with Crippen LogP contribution in [0.25, 0.3) is 0 Å². The van der Waals surface area contributed by atoms with Crippen molar-refractivity contribution in [2.45, 2.75) is 30.5 Å². The van der Waals surface area contributed by atoms with Crippen molar-refractivity contribution in [2.24, 2.45) is 0 Å². The van der Waals surface area contributed by atoms with E-state index in [0.717, 1.165) is 12.1 Å². The zero-order chi connectivity index (χ0) is 21.7. The van der Waals surface area contributed by atoms with Gasteiger partial charge in [0.15, 0.2) is 0 Å². The van der Waals surface area contributed by atoms with Crippen LogP contribution in [0.4, 0.5) is 18.0 Å². The van der Waals surface area contributed by atoms with E-state index >= 15 is 0 Å². The van der Waals surface area contributed by atoms with E-state index in [2.05, 4.69) is 15.4 Å². The minimum absolute atomic E-state index is 0.0915. The third kappa shape index (κ3) is 6.47. The maximum absolute atomic E-state index is 12.5. The maximum Gasteiger partial charge on any atom is 0.416 e. The summed E-state index contributed by atoms with van der Waals surface area (Å²) < 4.78 is 63.6. The quantitative estimate of drug-likeness (QED) is 0.632. The zero-order valence-electron chi connectivity index (χ0n) is 15.9. The van der Waals surface area contributed by atoms with Gasteiger partial charge in [-0.05, 0) is 55.8 Å². The van der Waals surface area contributed by atoms with Gasteiger partial charge in [0.05, 0.1) is 16.5 Å². The Balaban J connectivity index is 1.87. The molecule has 10 heteroatoms. The fourth-order valence-electron chi connectivity index (χ4n) is 2.58. The minimum Gasteiger partial charge on any atom is -0.338 e. The normalized spacial score (nSPS) is 13.0. The van der Waals surface area contributed by atoms with E-state index in [1.54, 1.807) is 19.1 Å². The van der Waals surface area contributed by atoms with Crippen LogP contribution in [-0.4, -0.2) is 28.0 Å². The number of benzene rings is 2. The van der Waals surface area contributed by atoms with Gasteiger partial charge in [-0.15, -0.1) is 0 Å². The van der Waals surface area contributed by atoms with Gasteiger partial charge < -0.3 is 10.6 Å². The van der Waals surface area contributed by atoms with Crippen molar-refractivity contribution in [2.75, 3.05) is 13.6 Å². The fraction of sp³-hybridized carbons (Fsp3) is 0.316. The first-order valence-electron chi connectivity index (χ1n) is 8.77. The molecule has 2 aromatic rings. The molecule has 0 aliphatic carbocycles. The fourth-order valence-corrected chi connectivity index (χ4v) is 3.37. The van der Waals surface area contributed by atoms with Crippen LogP contribution in [0, 0.1) is 0 Å². The number of nitrogens with one attached hydrogen (secondary N) is 3. The molecule has 6 nitrogen and oxygen atoms in total. The molecule has 2 aromatic carbocycles. The van der Waals surface area contributed by atoms with Crippen LogP contribution in [0.3, 0.4) is 0 Å². The summed E-state index contributed by atoms with van der Waals surface area (Å²) in [6, 6.07) is 10.0. The number of carbonyl (C=O) groups excluding carboxylic acids is 1. The summed E-state index contributed by atoms with van der Waals surface area (Å²) in [5.74, 6) is 0. The Bertz CT molecular complexity index is 945. The number of carbonyl (C=O) groups is 1. The molecule has 0 aliphatic heterocycles. The van der Waals surface area contributed by atoms with Gasteiger partial charge in [-0.3, -0.25) is 0 Å². The molecule has 3 N–H and O–H groups in total. The van der Waals surface area contributed by atoms with Gasteiger partial charge in [-0.25, -0.2) is 17.9 Å². The third-order valence-corrected chi connectivity index (χ3v) is 5.68.